The van der Waals surface area contributed by atoms with Gasteiger partial charge >= 0.3 is 0 Å². The Morgan fingerprint density at radius 3 is 2.86 bits per heavy atom. The standard InChI is InChI=1S/C10H9BrO3/c11-7-1-2-9-6(3-7)4-10(14-9)8(13)5-12/h1-4,8,12-13H,5H2/t8-/m1/s1. The zero-order valence-corrected chi connectivity index (χ0v) is 8.86. The Labute approximate surface area is 89.1 Å². The van der Waals surface area contributed by atoms with Gasteiger partial charge in [-0.3, -0.25) is 0 Å². The van der Waals surface area contributed by atoms with Gasteiger partial charge in [0.15, 0.2) is 0 Å². The minimum Gasteiger partial charge on any atom is -0.458 e. The molecule has 2 rings (SSSR count). The van der Waals surface area contributed by atoms with Crippen molar-refractivity contribution in [3.05, 3.63) is 34.5 Å². The van der Waals surface area contributed by atoms with E-state index in [2.05, 4.69) is 15.9 Å². The average molecular weight is 257 g/mol. The molecule has 4 heteroatoms. The highest BCUT2D eigenvalue weighted by atomic mass is 79.9. The predicted molar refractivity (Wildman–Crippen MR) is 56.0 cm³/mol. The Hall–Kier alpha value is -0.840. The number of rotatable bonds is 2. The van der Waals surface area contributed by atoms with Crippen LogP contribution >= 0.6 is 15.9 Å². The lowest BCUT2D eigenvalue weighted by atomic mass is 10.2. The highest BCUT2D eigenvalue weighted by molar-refractivity contribution is 9.10. The van der Waals surface area contributed by atoms with Crippen LogP contribution in [0.5, 0.6) is 0 Å². The van der Waals surface area contributed by atoms with Crippen LogP contribution in [0.3, 0.4) is 0 Å². The van der Waals surface area contributed by atoms with E-state index >= 15 is 0 Å². The Kier molecular flexibility index (Phi) is 2.58. The summed E-state index contributed by atoms with van der Waals surface area (Å²) in [6.07, 6.45) is -0.943. The van der Waals surface area contributed by atoms with Gasteiger partial charge in [-0.15, -0.1) is 0 Å². The van der Waals surface area contributed by atoms with Crippen LogP contribution in [0.15, 0.2) is 33.2 Å². The SMILES string of the molecule is OC[C@@H](O)c1cc2cc(Br)ccc2o1. The number of fused-ring (bicyclic) bond motifs is 1. The summed E-state index contributed by atoms with van der Waals surface area (Å²) in [5, 5.41) is 19.0. The molecule has 1 heterocycles. The summed E-state index contributed by atoms with van der Waals surface area (Å²) in [6, 6.07) is 7.29. The van der Waals surface area contributed by atoms with Gasteiger partial charge in [-0.1, -0.05) is 15.9 Å². The molecule has 0 aliphatic heterocycles. The quantitative estimate of drug-likeness (QED) is 0.867. The lowest BCUT2D eigenvalue weighted by molar-refractivity contribution is 0.0789. The molecule has 74 valence electrons. The van der Waals surface area contributed by atoms with Crippen molar-refractivity contribution in [2.75, 3.05) is 6.61 Å². The van der Waals surface area contributed by atoms with Crippen LogP contribution in [0.4, 0.5) is 0 Å². The highest BCUT2D eigenvalue weighted by Gasteiger charge is 2.11. The molecular formula is C10H9BrO3. The number of hydrogen-bond donors (Lipinski definition) is 2. The smallest absolute Gasteiger partial charge is 0.136 e. The van der Waals surface area contributed by atoms with Crippen LogP contribution in [0.2, 0.25) is 0 Å². The first kappa shape index (κ1) is 9.71. The maximum atomic E-state index is 9.34. The lowest BCUT2D eigenvalue weighted by Crippen LogP contribution is -1.99. The predicted octanol–water partition coefficient (Wildman–Crippen LogP) is 2.22. The third-order valence-corrected chi connectivity index (χ3v) is 2.49. The number of furan rings is 1. The first-order valence-corrected chi connectivity index (χ1v) is 4.98. The number of aliphatic hydroxyl groups excluding tert-OH is 2. The third-order valence-electron chi connectivity index (χ3n) is 2.00. The van der Waals surface area contributed by atoms with Crippen molar-refractivity contribution in [1.82, 2.24) is 0 Å². The zero-order chi connectivity index (χ0) is 10.1. The molecule has 1 atom stereocenters. The van der Waals surface area contributed by atoms with Crippen LogP contribution in [0.25, 0.3) is 11.0 Å². The minimum atomic E-state index is -0.943. The van der Waals surface area contributed by atoms with Gasteiger partial charge in [0.2, 0.25) is 0 Å². The maximum absolute atomic E-state index is 9.34. The summed E-state index contributed by atoms with van der Waals surface area (Å²) in [7, 11) is 0. The molecule has 0 saturated heterocycles. The van der Waals surface area contributed by atoms with Crippen LogP contribution in [-0.4, -0.2) is 16.8 Å². The molecule has 0 spiro atoms. The molecule has 1 aromatic heterocycles. The second-order valence-corrected chi connectivity index (χ2v) is 3.94. The van der Waals surface area contributed by atoms with Crippen molar-refractivity contribution in [2.45, 2.75) is 6.10 Å². The van der Waals surface area contributed by atoms with Gasteiger partial charge in [-0.05, 0) is 24.3 Å². The van der Waals surface area contributed by atoms with Crippen molar-refractivity contribution in [3.8, 4) is 0 Å². The molecule has 0 unspecified atom stereocenters. The summed E-state index contributed by atoms with van der Waals surface area (Å²) < 4.78 is 6.30. The van der Waals surface area contributed by atoms with Gasteiger partial charge in [0, 0.05) is 9.86 Å². The fraction of sp³-hybridized carbons (Fsp3) is 0.200. The van der Waals surface area contributed by atoms with E-state index in [4.69, 9.17) is 9.52 Å². The fourth-order valence-electron chi connectivity index (χ4n) is 1.29. The summed E-state index contributed by atoms with van der Waals surface area (Å²) >= 11 is 3.34. The van der Waals surface area contributed by atoms with E-state index < -0.39 is 6.10 Å². The minimum absolute atomic E-state index is 0.332. The summed E-state index contributed by atoms with van der Waals surface area (Å²) in [5.41, 5.74) is 0.704. The van der Waals surface area contributed by atoms with Gasteiger partial charge in [0.25, 0.3) is 0 Å². The molecule has 2 N–H and O–H groups in total. The number of halogens is 1. The third kappa shape index (κ3) is 1.68. The Bertz CT molecular complexity index is 450. The first-order chi connectivity index (χ1) is 6.70. The van der Waals surface area contributed by atoms with Crippen molar-refractivity contribution in [3.63, 3.8) is 0 Å². The molecule has 0 aliphatic rings. The summed E-state index contributed by atoms with van der Waals surface area (Å²) in [5.74, 6) is 0.389. The molecule has 1 aromatic carbocycles. The average Bonchev–Trinajstić information content (AvgIpc) is 2.59. The summed E-state index contributed by atoms with van der Waals surface area (Å²) in [6.45, 7) is -0.332. The van der Waals surface area contributed by atoms with E-state index in [-0.39, 0.29) is 6.61 Å². The number of hydrogen-bond acceptors (Lipinski definition) is 3. The van der Waals surface area contributed by atoms with E-state index in [1.165, 1.54) is 0 Å². The first-order valence-electron chi connectivity index (χ1n) is 4.18. The van der Waals surface area contributed by atoms with Crippen LogP contribution in [-0.2, 0) is 0 Å². The van der Waals surface area contributed by atoms with E-state index in [0.717, 1.165) is 9.86 Å². The van der Waals surface area contributed by atoms with E-state index in [9.17, 15) is 5.11 Å². The molecule has 2 aromatic rings. The molecule has 0 aliphatic carbocycles. The zero-order valence-electron chi connectivity index (χ0n) is 7.27. The fourth-order valence-corrected chi connectivity index (χ4v) is 1.67. The van der Waals surface area contributed by atoms with Crippen molar-refractivity contribution < 1.29 is 14.6 Å². The van der Waals surface area contributed by atoms with Gasteiger partial charge in [0.05, 0.1) is 6.61 Å². The number of benzene rings is 1. The van der Waals surface area contributed by atoms with E-state index in [0.29, 0.717) is 11.3 Å². The van der Waals surface area contributed by atoms with Crippen molar-refractivity contribution >= 4 is 26.9 Å². The second-order valence-electron chi connectivity index (χ2n) is 3.03. The van der Waals surface area contributed by atoms with Crippen molar-refractivity contribution in [1.29, 1.82) is 0 Å². The largest absolute Gasteiger partial charge is 0.458 e. The van der Waals surface area contributed by atoms with Gasteiger partial charge < -0.3 is 14.6 Å². The second kappa shape index (κ2) is 3.73. The van der Waals surface area contributed by atoms with Crippen LogP contribution in [0.1, 0.15) is 11.9 Å². The molecule has 0 amide bonds. The van der Waals surface area contributed by atoms with Gasteiger partial charge in [0.1, 0.15) is 17.4 Å². The Balaban J connectivity index is 2.51. The van der Waals surface area contributed by atoms with Crippen LogP contribution in [0, 0.1) is 0 Å². The highest BCUT2D eigenvalue weighted by Crippen LogP contribution is 2.26. The van der Waals surface area contributed by atoms with Crippen LogP contribution < -0.4 is 0 Å². The van der Waals surface area contributed by atoms with E-state index in [1.807, 2.05) is 18.2 Å². The molecule has 14 heavy (non-hydrogen) atoms. The molecular weight excluding hydrogens is 248 g/mol. The van der Waals surface area contributed by atoms with Gasteiger partial charge in [-0.2, -0.15) is 0 Å². The Morgan fingerprint density at radius 1 is 1.36 bits per heavy atom. The lowest BCUT2D eigenvalue weighted by Gasteiger charge is -2.00. The number of aliphatic hydroxyl groups is 2. The molecule has 3 nitrogen and oxygen atoms in total. The van der Waals surface area contributed by atoms with E-state index in [1.54, 1.807) is 6.07 Å². The van der Waals surface area contributed by atoms with Gasteiger partial charge in [-0.25, -0.2) is 0 Å². The molecule has 0 saturated carbocycles. The molecule has 0 bridgehead atoms. The maximum Gasteiger partial charge on any atom is 0.136 e. The molecule has 0 radical (unpaired) electrons. The molecule has 0 fully saturated rings. The Morgan fingerprint density at radius 2 is 2.14 bits per heavy atom. The normalized spacial score (nSPS) is 13.4. The summed E-state index contributed by atoms with van der Waals surface area (Å²) in [4.78, 5) is 0. The van der Waals surface area contributed by atoms with Crippen molar-refractivity contribution in [2.24, 2.45) is 0 Å². The monoisotopic (exact) mass is 256 g/mol. The topological polar surface area (TPSA) is 53.6 Å².